The van der Waals surface area contributed by atoms with Gasteiger partial charge in [-0.2, -0.15) is 0 Å². The summed E-state index contributed by atoms with van der Waals surface area (Å²) in [7, 11) is 0. The van der Waals surface area contributed by atoms with Gasteiger partial charge in [-0.15, -0.1) is 0 Å². The number of nitrogens with two attached hydrogens (primary N) is 1. The zero-order valence-electron chi connectivity index (χ0n) is 10.7. The number of likely N-dealkylation sites (tertiary alicyclic amines) is 1. The van der Waals surface area contributed by atoms with Gasteiger partial charge in [-0.1, -0.05) is 19.3 Å². The van der Waals surface area contributed by atoms with Gasteiger partial charge in [0, 0.05) is 13.1 Å². The number of amides is 1. The second-order valence-corrected chi connectivity index (χ2v) is 5.54. The van der Waals surface area contributed by atoms with E-state index in [4.69, 9.17) is 5.73 Å². The summed E-state index contributed by atoms with van der Waals surface area (Å²) in [6, 6.07) is -0.649. The first-order valence-corrected chi connectivity index (χ1v) is 6.85. The second kappa shape index (κ2) is 5.26. The van der Waals surface area contributed by atoms with Crippen LogP contribution in [-0.4, -0.2) is 41.0 Å². The summed E-state index contributed by atoms with van der Waals surface area (Å²) in [6.07, 6.45) is 6.00. The summed E-state index contributed by atoms with van der Waals surface area (Å²) in [5, 5.41) is 9.29. The molecule has 0 aromatic heterocycles. The molecule has 0 radical (unpaired) electrons. The summed E-state index contributed by atoms with van der Waals surface area (Å²) >= 11 is 0. The zero-order valence-corrected chi connectivity index (χ0v) is 10.7. The van der Waals surface area contributed by atoms with Crippen LogP contribution in [0, 0.1) is 5.41 Å². The van der Waals surface area contributed by atoms with Gasteiger partial charge in [-0.3, -0.25) is 4.79 Å². The average Bonchev–Trinajstić information content (AvgIpc) is 2.53. The number of nitrogens with zero attached hydrogens (tertiary/aromatic N) is 1. The molecule has 1 aliphatic heterocycles. The Labute approximate surface area is 107 Å². The fourth-order valence-electron chi connectivity index (χ4n) is 3.02. The van der Waals surface area contributed by atoms with Crippen LogP contribution in [0.25, 0.3) is 0 Å². The van der Waals surface area contributed by atoms with Crippen molar-refractivity contribution >= 4 is 11.9 Å². The zero-order chi connectivity index (χ0) is 13.2. The van der Waals surface area contributed by atoms with Crippen LogP contribution in [0.1, 0.15) is 44.9 Å². The van der Waals surface area contributed by atoms with Crippen molar-refractivity contribution in [3.05, 3.63) is 0 Å². The van der Waals surface area contributed by atoms with Crippen molar-refractivity contribution < 1.29 is 14.7 Å². The monoisotopic (exact) mass is 254 g/mol. The van der Waals surface area contributed by atoms with Crippen LogP contribution in [-0.2, 0) is 9.59 Å². The standard InChI is InChI=1S/C13H22N2O3/c14-9-13(6-4-7-13)12(18)15-8-3-1-2-5-10(15)11(16)17/h10H,1-9,14H2,(H,16,17). The normalized spacial score (nSPS) is 27.2. The Hall–Kier alpha value is -1.10. The molecule has 1 atom stereocenters. The third-order valence-corrected chi connectivity index (χ3v) is 4.45. The van der Waals surface area contributed by atoms with Crippen molar-refractivity contribution in [3.63, 3.8) is 0 Å². The van der Waals surface area contributed by atoms with E-state index in [0.29, 0.717) is 19.5 Å². The lowest BCUT2D eigenvalue weighted by atomic mass is 9.67. The fraction of sp³-hybridized carbons (Fsp3) is 0.846. The van der Waals surface area contributed by atoms with Crippen molar-refractivity contribution in [2.24, 2.45) is 11.1 Å². The van der Waals surface area contributed by atoms with Crippen molar-refractivity contribution in [3.8, 4) is 0 Å². The van der Waals surface area contributed by atoms with Crippen LogP contribution >= 0.6 is 0 Å². The molecule has 1 saturated heterocycles. The first kappa shape index (κ1) is 13.3. The van der Waals surface area contributed by atoms with Crippen LogP contribution in [0.4, 0.5) is 0 Å². The minimum Gasteiger partial charge on any atom is -0.480 e. The van der Waals surface area contributed by atoms with E-state index in [2.05, 4.69) is 0 Å². The van der Waals surface area contributed by atoms with E-state index < -0.39 is 17.4 Å². The predicted molar refractivity (Wildman–Crippen MR) is 66.9 cm³/mol. The van der Waals surface area contributed by atoms with Gasteiger partial charge in [-0.05, 0) is 25.7 Å². The highest BCUT2D eigenvalue weighted by atomic mass is 16.4. The number of hydrogen-bond acceptors (Lipinski definition) is 3. The molecule has 102 valence electrons. The van der Waals surface area contributed by atoms with Crippen molar-refractivity contribution in [2.45, 2.75) is 51.0 Å². The molecule has 2 aliphatic rings. The molecule has 18 heavy (non-hydrogen) atoms. The molecule has 5 heteroatoms. The van der Waals surface area contributed by atoms with Crippen molar-refractivity contribution in [1.29, 1.82) is 0 Å². The van der Waals surface area contributed by atoms with Crippen LogP contribution in [0.15, 0.2) is 0 Å². The minimum absolute atomic E-state index is 0.0226. The van der Waals surface area contributed by atoms with Gasteiger partial charge < -0.3 is 15.7 Å². The molecular weight excluding hydrogens is 232 g/mol. The number of carboxylic acids is 1. The molecule has 1 unspecified atom stereocenters. The number of carbonyl (C=O) groups is 2. The molecule has 0 aromatic rings. The van der Waals surface area contributed by atoms with Gasteiger partial charge in [0.25, 0.3) is 0 Å². The van der Waals surface area contributed by atoms with Gasteiger partial charge in [0.2, 0.25) is 5.91 Å². The molecule has 1 saturated carbocycles. The van der Waals surface area contributed by atoms with Gasteiger partial charge >= 0.3 is 5.97 Å². The molecule has 5 nitrogen and oxygen atoms in total. The summed E-state index contributed by atoms with van der Waals surface area (Å²) in [6.45, 7) is 0.909. The molecular formula is C13H22N2O3. The summed E-state index contributed by atoms with van der Waals surface area (Å²) < 4.78 is 0. The van der Waals surface area contributed by atoms with Crippen LogP contribution in [0.3, 0.4) is 0 Å². The molecule has 2 fully saturated rings. The maximum absolute atomic E-state index is 12.6. The number of hydrogen-bond donors (Lipinski definition) is 2. The van der Waals surface area contributed by atoms with Gasteiger partial charge in [0.1, 0.15) is 6.04 Å². The first-order chi connectivity index (χ1) is 8.60. The van der Waals surface area contributed by atoms with E-state index in [1.165, 1.54) is 0 Å². The lowest BCUT2D eigenvalue weighted by Gasteiger charge is -2.43. The SMILES string of the molecule is NCC1(C(=O)N2CCCCCC2C(=O)O)CCC1. The van der Waals surface area contributed by atoms with Crippen LogP contribution in [0.2, 0.25) is 0 Å². The third-order valence-electron chi connectivity index (χ3n) is 4.45. The highest BCUT2D eigenvalue weighted by Crippen LogP contribution is 2.42. The van der Waals surface area contributed by atoms with E-state index in [1.807, 2.05) is 0 Å². The highest BCUT2D eigenvalue weighted by molar-refractivity contribution is 5.88. The highest BCUT2D eigenvalue weighted by Gasteiger charge is 2.47. The molecule has 0 aromatic carbocycles. The van der Waals surface area contributed by atoms with Crippen molar-refractivity contribution in [2.75, 3.05) is 13.1 Å². The topological polar surface area (TPSA) is 83.6 Å². The fourth-order valence-corrected chi connectivity index (χ4v) is 3.02. The number of carboxylic acid groups (broad SMARTS) is 1. The molecule has 1 heterocycles. The number of carbonyl (C=O) groups excluding carboxylic acids is 1. The van der Waals surface area contributed by atoms with E-state index in [1.54, 1.807) is 4.90 Å². The maximum Gasteiger partial charge on any atom is 0.326 e. The Morgan fingerprint density at radius 3 is 2.44 bits per heavy atom. The number of rotatable bonds is 3. The molecule has 0 bridgehead atoms. The van der Waals surface area contributed by atoms with Gasteiger partial charge in [0.15, 0.2) is 0 Å². The van der Waals surface area contributed by atoms with Crippen LogP contribution < -0.4 is 5.73 Å². The minimum atomic E-state index is -0.878. The average molecular weight is 254 g/mol. The maximum atomic E-state index is 12.6. The Bertz CT molecular complexity index is 334. The van der Waals surface area contributed by atoms with E-state index in [9.17, 15) is 14.7 Å². The molecule has 0 spiro atoms. The molecule has 3 N–H and O–H groups in total. The van der Waals surface area contributed by atoms with E-state index in [-0.39, 0.29) is 5.91 Å². The van der Waals surface area contributed by atoms with Crippen molar-refractivity contribution in [1.82, 2.24) is 4.90 Å². The Morgan fingerprint density at radius 2 is 1.94 bits per heavy atom. The first-order valence-electron chi connectivity index (χ1n) is 6.85. The van der Waals surface area contributed by atoms with Gasteiger partial charge in [0.05, 0.1) is 5.41 Å². The quantitative estimate of drug-likeness (QED) is 0.786. The Morgan fingerprint density at radius 1 is 1.22 bits per heavy atom. The second-order valence-electron chi connectivity index (χ2n) is 5.54. The Balaban J connectivity index is 2.16. The lowest BCUT2D eigenvalue weighted by molar-refractivity contribution is -0.158. The van der Waals surface area contributed by atoms with Crippen LogP contribution in [0.5, 0.6) is 0 Å². The van der Waals surface area contributed by atoms with E-state index >= 15 is 0 Å². The largest absolute Gasteiger partial charge is 0.480 e. The third kappa shape index (κ3) is 2.23. The predicted octanol–water partition coefficient (Wildman–Crippen LogP) is 0.971. The molecule has 1 amide bonds. The summed E-state index contributed by atoms with van der Waals surface area (Å²) in [5.41, 5.74) is 5.28. The summed E-state index contributed by atoms with van der Waals surface area (Å²) in [5.74, 6) is -0.901. The van der Waals surface area contributed by atoms with E-state index in [0.717, 1.165) is 38.5 Å². The smallest absolute Gasteiger partial charge is 0.326 e. The lowest BCUT2D eigenvalue weighted by Crippen LogP contribution is -2.56. The molecule has 1 aliphatic carbocycles. The molecule has 2 rings (SSSR count). The Kier molecular flexibility index (Phi) is 3.90. The van der Waals surface area contributed by atoms with Gasteiger partial charge in [-0.25, -0.2) is 4.79 Å². The summed E-state index contributed by atoms with van der Waals surface area (Å²) in [4.78, 5) is 25.5. The number of aliphatic carboxylic acids is 1.